The number of methoxy groups -OCH3 is 2. The molecule has 4 rings (SSSR count). The Balaban J connectivity index is 1.59. The zero-order chi connectivity index (χ0) is 30.3. The summed E-state index contributed by atoms with van der Waals surface area (Å²) in [4.78, 5) is 25.5. The van der Waals surface area contributed by atoms with Gasteiger partial charge >= 0.3 is 6.18 Å². The number of alkyl halides is 3. The second-order valence-corrected chi connectivity index (χ2v) is 11.6. The lowest BCUT2D eigenvalue weighted by Gasteiger charge is -2.16. The van der Waals surface area contributed by atoms with Crippen LogP contribution >= 0.6 is 34.9 Å². The minimum absolute atomic E-state index is 0.0778. The van der Waals surface area contributed by atoms with Crippen LogP contribution in [-0.2, 0) is 17.5 Å². The normalized spacial score (nSPS) is 11.3. The summed E-state index contributed by atoms with van der Waals surface area (Å²) in [6.45, 7) is 1.70. The van der Waals surface area contributed by atoms with Gasteiger partial charge in [0.2, 0.25) is 11.0 Å². The van der Waals surface area contributed by atoms with E-state index in [9.17, 15) is 22.8 Å². The number of ether oxygens (including phenoxy) is 2. The van der Waals surface area contributed by atoms with Crippen LogP contribution < -0.4 is 20.1 Å². The topological polar surface area (TPSA) is 133 Å². The average Bonchev–Trinajstić information content (AvgIpc) is 3.60. The van der Waals surface area contributed by atoms with E-state index < -0.39 is 23.2 Å². The summed E-state index contributed by atoms with van der Waals surface area (Å²) in [6, 6.07) is 9.45. The van der Waals surface area contributed by atoms with Crippen molar-refractivity contribution in [1.82, 2.24) is 30.3 Å². The van der Waals surface area contributed by atoms with Crippen LogP contribution in [0.15, 0.2) is 52.0 Å². The van der Waals surface area contributed by atoms with Crippen LogP contribution in [0, 0.1) is 0 Å². The molecule has 17 heteroatoms. The molecule has 0 aliphatic rings. The van der Waals surface area contributed by atoms with Gasteiger partial charge in [-0.1, -0.05) is 53.9 Å². The first-order valence-corrected chi connectivity index (χ1v) is 14.9. The van der Waals surface area contributed by atoms with Gasteiger partial charge in [-0.3, -0.25) is 19.5 Å². The molecule has 0 bridgehead atoms. The molecule has 0 aliphatic heterocycles. The lowest BCUT2D eigenvalue weighted by atomic mass is 10.1. The highest BCUT2D eigenvalue weighted by Gasteiger charge is 2.35. The minimum atomic E-state index is -4.71. The number of nitrogens with one attached hydrogen (secondary N) is 2. The van der Waals surface area contributed by atoms with E-state index >= 15 is 0 Å². The molecule has 0 fully saturated rings. The van der Waals surface area contributed by atoms with Crippen molar-refractivity contribution >= 4 is 51.8 Å². The van der Waals surface area contributed by atoms with Gasteiger partial charge in [-0.25, -0.2) is 0 Å². The van der Waals surface area contributed by atoms with Crippen molar-refractivity contribution in [2.24, 2.45) is 0 Å². The molecule has 0 saturated heterocycles. The Morgan fingerprint density at radius 3 is 2.52 bits per heavy atom. The second kappa shape index (κ2) is 13.9. The number of aromatic nitrogens is 5. The van der Waals surface area contributed by atoms with Gasteiger partial charge in [0, 0.05) is 6.07 Å². The van der Waals surface area contributed by atoms with Crippen LogP contribution in [0.25, 0.3) is 5.69 Å². The fourth-order valence-corrected chi connectivity index (χ4v) is 6.06. The predicted octanol–water partition coefficient (Wildman–Crippen LogP) is 4.93. The predicted molar refractivity (Wildman–Crippen MR) is 153 cm³/mol. The summed E-state index contributed by atoms with van der Waals surface area (Å²) in [5.74, 6) is 0.473. The van der Waals surface area contributed by atoms with Gasteiger partial charge in [-0.15, -0.1) is 20.4 Å². The molecule has 2 aromatic carbocycles. The van der Waals surface area contributed by atoms with Crippen LogP contribution in [0.3, 0.4) is 0 Å². The highest BCUT2D eigenvalue weighted by molar-refractivity contribution is 8.01. The van der Waals surface area contributed by atoms with E-state index in [0.717, 1.165) is 34.0 Å². The van der Waals surface area contributed by atoms with Crippen LogP contribution in [0.1, 0.15) is 28.7 Å². The fourth-order valence-electron chi connectivity index (χ4n) is 3.63. The zero-order valence-electron chi connectivity index (χ0n) is 22.4. The second-order valence-electron chi connectivity index (χ2n) is 8.14. The molecule has 42 heavy (non-hydrogen) atoms. The molecule has 2 amide bonds. The smallest absolute Gasteiger partial charge is 0.417 e. The Morgan fingerprint density at radius 1 is 1.02 bits per heavy atom. The highest BCUT2D eigenvalue weighted by Crippen LogP contribution is 2.33. The summed E-state index contributed by atoms with van der Waals surface area (Å²) in [5, 5.41) is 22.1. The molecule has 0 aliphatic carbocycles. The third kappa shape index (κ3) is 7.51. The number of rotatable bonds is 12. The summed E-state index contributed by atoms with van der Waals surface area (Å²) < 4.78 is 53.5. The van der Waals surface area contributed by atoms with E-state index in [4.69, 9.17) is 9.47 Å². The van der Waals surface area contributed by atoms with Crippen molar-refractivity contribution < 1.29 is 32.2 Å². The standard InChI is InChI=1S/C25H24F3N7O4S3/c1-4-40-24-34-32-22(42-24)30-20(36)13-41-23-33-31-19(35(23)17-11-14(38-2)9-10-18(17)39-3)12-29-21(37)15-7-5-6-8-16(15)25(26,27)28/h5-11H,4,12-13H2,1-3H3,(H,29,37)(H,30,32,36). The maximum atomic E-state index is 13.5. The maximum Gasteiger partial charge on any atom is 0.417 e. The minimum Gasteiger partial charge on any atom is -0.497 e. The molecule has 0 saturated carbocycles. The largest absolute Gasteiger partial charge is 0.497 e. The van der Waals surface area contributed by atoms with Crippen molar-refractivity contribution in [2.75, 3.05) is 31.0 Å². The quantitative estimate of drug-likeness (QED) is 0.162. The molecule has 2 aromatic heterocycles. The molecule has 0 radical (unpaired) electrons. The maximum absolute atomic E-state index is 13.5. The van der Waals surface area contributed by atoms with Gasteiger partial charge < -0.3 is 14.8 Å². The number of halogens is 3. The Hall–Kier alpha value is -3.83. The number of amides is 2. The molecule has 222 valence electrons. The third-order valence-electron chi connectivity index (χ3n) is 5.46. The highest BCUT2D eigenvalue weighted by atomic mass is 32.2. The third-order valence-corrected chi connectivity index (χ3v) is 8.25. The first-order chi connectivity index (χ1) is 20.1. The molecule has 4 aromatic rings. The molecular formula is C25H24F3N7O4S3. The average molecular weight is 640 g/mol. The van der Waals surface area contributed by atoms with Crippen molar-refractivity contribution in [3.63, 3.8) is 0 Å². The van der Waals surface area contributed by atoms with Crippen molar-refractivity contribution in [3.8, 4) is 17.2 Å². The monoisotopic (exact) mass is 639 g/mol. The summed E-state index contributed by atoms with van der Waals surface area (Å²) >= 11 is 3.81. The van der Waals surface area contributed by atoms with Crippen LogP contribution in [-0.4, -0.2) is 62.5 Å². The summed E-state index contributed by atoms with van der Waals surface area (Å²) in [7, 11) is 2.94. The number of carbonyl (C=O) groups is 2. The molecule has 0 spiro atoms. The molecular weight excluding hydrogens is 616 g/mol. The number of hydrogen-bond donors (Lipinski definition) is 2. The van der Waals surface area contributed by atoms with E-state index in [-0.39, 0.29) is 29.2 Å². The molecule has 0 unspecified atom stereocenters. The number of nitrogens with zero attached hydrogens (tertiary/aromatic N) is 5. The van der Waals surface area contributed by atoms with Gasteiger partial charge in [-0.05, 0) is 30.0 Å². The van der Waals surface area contributed by atoms with Crippen molar-refractivity contribution in [1.29, 1.82) is 0 Å². The number of thioether (sulfide) groups is 2. The fraction of sp³-hybridized carbons (Fsp3) is 0.280. The van der Waals surface area contributed by atoms with E-state index in [1.807, 2.05) is 6.92 Å². The van der Waals surface area contributed by atoms with Crippen LogP contribution in [0.2, 0.25) is 0 Å². The number of anilines is 1. The number of hydrogen-bond acceptors (Lipinski definition) is 11. The number of carbonyl (C=O) groups excluding carboxylic acids is 2. The first kappa shape index (κ1) is 31.1. The summed E-state index contributed by atoms with van der Waals surface area (Å²) in [5.41, 5.74) is -1.16. The van der Waals surface area contributed by atoms with Crippen LogP contribution in [0.5, 0.6) is 11.5 Å². The lowest BCUT2D eigenvalue weighted by Crippen LogP contribution is -2.27. The lowest BCUT2D eigenvalue weighted by molar-refractivity contribution is -0.138. The van der Waals surface area contributed by atoms with Crippen molar-refractivity contribution in [3.05, 3.63) is 59.4 Å². The Labute approximate surface area is 250 Å². The Morgan fingerprint density at radius 2 is 1.81 bits per heavy atom. The molecule has 2 N–H and O–H groups in total. The van der Waals surface area contributed by atoms with Gasteiger partial charge in [0.15, 0.2) is 15.3 Å². The van der Waals surface area contributed by atoms with Crippen LogP contribution in [0.4, 0.5) is 18.3 Å². The first-order valence-electron chi connectivity index (χ1n) is 12.1. The Bertz CT molecular complexity index is 1560. The Kier molecular flexibility index (Phi) is 10.3. The van der Waals surface area contributed by atoms with Crippen molar-refractivity contribution in [2.45, 2.75) is 29.1 Å². The van der Waals surface area contributed by atoms with E-state index in [2.05, 4.69) is 31.0 Å². The van der Waals surface area contributed by atoms with Gasteiger partial charge in [-0.2, -0.15) is 13.2 Å². The van der Waals surface area contributed by atoms with Gasteiger partial charge in [0.05, 0.1) is 43.3 Å². The van der Waals surface area contributed by atoms with E-state index in [1.54, 1.807) is 18.2 Å². The van der Waals surface area contributed by atoms with E-state index in [1.165, 1.54) is 54.0 Å². The molecule has 2 heterocycles. The van der Waals surface area contributed by atoms with Gasteiger partial charge in [0.1, 0.15) is 11.5 Å². The van der Waals surface area contributed by atoms with E-state index in [0.29, 0.717) is 22.3 Å². The molecule has 11 nitrogen and oxygen atoms in total. The zero-order valence-corrected chi connectivity index (χ0v) is 24.8. The SMILES string of the molecule is CCSc1nnc(NC(=O)CSc2nnc(CNC(=O)c3ccccc3C(F)(F)F)n2-c2cc(OC)ccc2OC)s1. The number of benzene rings is 2. The summed E-state index contributed by atoms with van der Waals surface area (Å²) in [6.07, 6.45) is -4.71. The van der Waals surface area contributed by atoms with Gasteiger partial charge in [0.25, 0.3) is 5.91 Å². The molecule has 0 atom stereocenters.